The Morgan fingerprint density at radius 2 is 1.72 bits per heavy atom. The Hall–Kier alpha value is -2.76. The fourth-order valence-electron chi connectivity index (χ4n) is 2.33. The Labute approximate surface area is 168 Å². The number of amides is 1. The molecule has 0 bridgehead atoms. The highest BCUT2D eigenvalue weighted by molar-refractivity contribution is 7.89. The van der Waals surface area contributed by atoms with Crippen molar-refractivity contribution in [1.82, 2.24) is 9.29 Å². The number of halogens is 3. The van der Waals surface area contributed by atoms with Gasteiger partial charge in [0.05, 0.1) is 5.69 Å². The van der Waals surface area contributed by atoms with Gasteiger partial charge in [0.1, 0.15) is 10.7 Å². The van der Waals surface area contributed by atoms with Crippen LogP contribution in [0.2, 0.25) is 0 Å². The predicted molar refractivity (Wildman–Crippen MR) is 103 cm³/mol. The average Bonchev–Trinajstić information content (AvgIpc) is 3.12. The summed E-state index contributed by atoms with van der Waals surface area (Å²) in [5, 5.41) is 4.16. The molecule has 2 aromatic carbocycles. The second kappa shape index (κ2) is 7.93. The minimum atomic E-state index is -4.08. The van der Waals surface area contributed by atoms with Crippen LogP contribution in [0.25, 0.3) is 11.3 Å². The topological polar surface area (TPSA) is 79.4 Å². The number of rotatable bonds is 5. The average molecular weight is 441 g/mol. The first kappa shape index (κ1) is 21.0. The van der Waals surface area contributed by atoms with Gasteiger partial charge in [-0.25, -0.2) is 30.9 Å². The van der Waals surface area contributed by atoms with Gasteiger partial charge in [-0.15, -0.1) is 11.3 Å². The summed E-state index contributed by atoms with van der Waals surface area (Å²) in [6, 6.07) is 6.26. The fraction of sp³-hybridized carbons (Fsp3) is 0.111. The van der Waals surface area contributed by atoms with E-state index in [9.17, 15) is 26.4 Å². The maximum atomic E-state index is 14.0. The van der Waals surface area contributed by atoms with E-state index in [2.05, 4.69) is 10.3 Å². The number of nitrogens with one attached hydrogen (secondary N) is 1. The van der Waals surface area contributed by atoms with Gasteiger partial charge in [0, 0.05) is 30.6 Å². The molecule has 0 saturated carbocycles. The SMILES string of the molecule is CN(C)S(=O)(=O)c1cc(C(=O)Nc2nc(-c3ccc(F)c(F)c3)cs2)ccc1F. The first-order valence-electron chi connectivity index (χ1n) is 8.04. The molecule has 0 atom stereocenters. The van der Waals surface area contributed by atoms with Crippen LogP contribution < -0.4 is 5.32 Å². The molecule has 1 aromatic heterocycles. The first-order chi connectivity index (χ1) is 13.6. The van der Waals surface area contributed by atoms with Crippen molar-refractivity contribution in [2.24, 2.45) is 0 Å². The van der Waals surface area contributed by atoms with Crippen LogP contribution in [0.4, 0.5) is 18.3 Å². The van der Waals surface area contributed by atoms with Gasteiger partial charge in [0.25, 0.3) is 5.91 Å². The second-order valence-corrected chi connectivity index (χ2v) is 9.03. The number of anilines is 1. The zero-order chi connectivity index (χ0) is 21.3. The van der Waals surface area contributed by atoms with E-state index in [4.69, 9.17) is 0 Å². The molecule has 0 radical (unpaired) electrons. The Bertz CT molecular complexity index is 1190. The fourth-order valence-corrected chi connectivity index (χ4v) is 4.03. The summed E-state index contributed by atoms with van der Waals surface area (Å²) < 4.78 is 65.6. The number of aromatic nitrogens is 1. The Morgan fingerprint density at radius 1 is 1.03 bits per heavy atom. The van der Waals surface area contributed by atoms with E-state index in [0.717, 1.165) is 46.0 Å². The smallest absolute Gasteiger partial charge is 0.257 e. The minimum Gasteiger partial charge on any atom is -0.298 e. The molecule has 152 valence electrons. The molecule has 0 spiro atoms. The van der Waals surface area contributed by atoms with Crippen LogP contribution in [0.3, 0.4) is 0 Å². The predicted octanol–water partition coefficient (Wildman–Crippen LogP) is 3.73. The first-order valence-corrected chi connectivity index (χ1v) is 10.4. The molecule has 0 unspecified atom stereocenters. The van der Waals surface area contributed by atoms with E-state index in [-0.39, 0.29) is 10.7 Å². The van der Waals surface area contributed by atoms with Crippen molar-refractivity contribution in [3.05, 3.63) is 64.8 Å². The zero-order valence-electron chi connectivity index (χ0n) is 15.1. The van der Waals surface area contributed by atoms with Gasteiger partial charge >= 0.3 is 0 Å². The molecule has 6 nitrogen and oxygen atoms in total. The summed E-state index contributed by atoms with van der Waals surface area (Å²) in [4.78, 5) is 15.9. The lowest BCUT2D eigenvalue weighted by atomic mass is 10.2. The second-order valence-electron chi connectivity index (χ2n) is 6.05. The highest BCUT2D eigenvalue weighted by Gasteiger charge is 2.23. The van der Waals surface area contributed by atoms with Crippen molar-refractivity contribution < 1.29 is 26.4 Å². The van der Waals surface area contributed by atoms with E-state index in [0.29, 0.717) is 11.3 Å². The number of carbonyl (C=O) groups excluding carboxylic acids is 1. The third kappa shape index (κ3) is 4.31. The summed E-state index contributed by atoms with van der Waals surface area (Å²) in [6.45, 7) is 0. The highest BCUT2D eigenvalue weighted by Crippen LogP contribution is 2.27. The molecule has 0 aliphatic rings. The number of thiazole rings is 1. The standard InChI is InChI=1S/C18H14F3N3O3S2/c1-24(2)29(26,27)16-8-11(4-6-13(16)20)17(25)23-18-22-15(9-28-18)10-3-5-12(19)14(21)7-10/h3-9H,1-2H3,(H,22,23,25). The van der Waals surface area contributed by atoms with Gasteiger partial charge in [-0.1, -0.05) is 0 Å². The molecule has 3 aromatic rings. The van der Waals surface area contributed by atoms with Gasteiger partial charge in [0.15, 0.2) is 16.8 Å². The van der Waals surface area contributed by atoms with E-state index >= 15 is 0 Å². The van der Waals surface area contributed by atoms with Crippen molar-refractivity contribution in [2.45, 2.75) is 4.90 Å². The number of nitrogens with zero attached hydrogens (tertiary/aromatic N) is 2. The molecule has 3 rings (SSSR count). The Morgan fingerprint density at radius 3 is 2.38 bits per heavy atom. The number of hydrogen-bond acceptors (Lipinski definition) is 5. The molecule has 0 aliphatic carbocycles. The minimum absolute atomic E-state index is 0.0867. The van der Waals surface area contributed by atoms with Crippen molar-refractivity contribution in [2.75, 3.05) is 19.4 Å². The van der Waals surface area contributed by atoms with Crippen LogP contribution in [0, 0.1) is 17.5 Å². The summed E-state index contributed by atoms with van der Waals surface area (Å²) in [6.07, 6.45) is 0. The van der Waals surface area contributed by atoms with Gasteiger partial charge in [0.2, 0.25) is 10.0 Å². The summed E-state index contributed by atoms with van der Waals surface area (Å²) in [7, 11) is -1.58. The largest absolute Gasteiger partial charge is 0.298 e. The monoisotopic (exact) mass is 441 g/mol. The molecular weight excluding hydrogens is 427 g/mol. The van der Waals surface area contributed by atoms with Gasteiger partial charge in [-0.05, 0) is 36.4 Å². The molecule has 0 aliphatic heterocycles. The highest BCUT2D eigenvalue weighted by atomic mass is 32.2. The Balaban J connectivity index is 1.84. The molecule has 0 fully saturated rings. The maximum Gasteiger partial charge on any atom is 0.257 e. The lowest BCUT2D eigenvalue weighted by Crippen LogP contribution is -2.24. The quantitative estimate of drug-likeness (QED) is 0.654. The number of sulfonamides is 1. The van der Waals surface area contributed by atoms with E-state index < -0.39 is 38.3 Å². The summed E-state index contributed by atoms with van der Waals surface area (Å²) in [5.74, 6) is -3.70. The lowest BCUT2D eigenvalue weighted by Gasteiger charge is -2.13. The summed E-state index contributed by atoms with van der Waals surface area (Å²) in [5.41, 5.74) is 0.553. The molecule has 29 heavy (non-hydrogen) atoms. The van der Waals surface area contributed by atoms with Crippen LogP contribution in [-0.4, -0.2) is 37.7 Å². The number of carbonyl (C=O) groups is 1. The third-order valence-electron chi connectivity index (χ3n) is 3.89. The molecule has 0 saturated heterocycles. The zero-order valence-corrected chi connectivity index (χ0v) is 16.7. The molecule has 1 heterocycles. The molecule has 1 N–H and O–H groups in total. The van der Waals surface area contributed by atoms with Crippen molar-refractivity contribution in [3.8, 4) is 11.3 Å². The molecule has 1 amide bonds. The van der Waals surface area contributed by atoms with Crippen LogP contribution in [-0.2, 0) is 10.0 Å². The normalized spacial score (nSPS) is 11.7. The van der Waals surface area contributed by atoms with E-state index in [1.165, 1.54) is 25.5 Å². The van der Waals surface area contributed by atoms with Crippen LogP contribution >= 0.6 is 11.3 Å². The van der Waals surface area contributed by atoms with Crippen molar-refractivity contribution in [1.29, 1.82) is 0 Å². The van der Waals surface area contributed by atoms with Gasteiger partial charge < -0.3 is 0 Å². The lowest BCUT2D eigenvalue weighted by molar-refractivity contribution is 0.102. The third-order valence-corrected chi connectivity index (χ3v) is 6.48. The van der Waals surface area contributed by atoms with Crippen LogP contribution in [0.5, 0.6) is 0 Å². The van der Waals surface area contributed by atoms with E-state index in [1.54, 1.807) is 0 Å². The Kier molecular flexibility index (Phi) is 5.73. The van der Waals surface area contributed by atoms with Gasteiger partial charge in [-0.3, -0.25) is 10.1 Å². The number of hydrogen-bond donors (Lipinski definition) is 1. The van der Waals surface area contributed by atoms with Crippen LogP contribution in [0.15, 0.2) is 46.7 Å². The maximum absolute atomic E-state index is 14.0. The molecule has 11 heteroatoms. The van der Waals surface area contributed by atoms with Gasteiger partial charge in [-0.2, -0.15) is 0 Å². The number of benzene rings is 2. The van der Waals surface area contributed by atoms with Crippen molar-refractivity contribution in [3.63, 3.8) is 0 Å². The molecular formula is C18H14F3N3O3S2. The van der Waals surface area contributed by atoms with Crippen molar-refractivity contribution >= 4 is 32.4 Å². The van der Waals surface area contributed by atoms with Crippen LogP contribution in [0.1, 0.15) is 10.4 Å². The summed E-state index contributed by atoms with van der Waals surface area (Å²) >= 11 is 1.04. The van der Waals surface area contributed by atoms with E-state index in [1.807, 2.05) is 0 Å².